The molecule has 2 heteroatoms. The number of likely N-dealkylation sites (N-methyl/N-ethyl adjacent to an activating group) is 1. The van der Waals surface area contributed by atoms with Gasteiger partial charge in [-0.05, 0) is 38.8 Å². The lowest BCUT2D eigenvalue weighted by atomic mass is 9.75. The molecule has 1 atom stereocenters. The molecule has 1 saturated carbocycles. The van der Waals surface area contributed by atoms with E-state index < -0.39 is 0 Å². The fourth-order valence-electron chi connectivity index (χ4n) is 2.36. The normalized spacial score (nSPS) is 26.8. The summed E-state index contributed by atoms with van der Waals surface area (Å²) < 4.78 is 0. The zero-order chi connectivity index (χ0) is 10.6. The minimum Gasteiger partial charge on any atom is -0.313 e. The number of nitrogens with zero attached hydrogens (tertiary/aromatic N) is 1. The number of rotatable bonds is 4. The third kappa shape index (κ3) is 4.43. The van der Waals surface area contributed by atoms with Gasteiger partial charge in [-0.2, -0.15) is 0 Å². The molecule has 0 bridgehead atoms. The van der Waals surface area contributed by atoms with Crippen LogP contribution in [0.3, 0.4) is 0 Å². The zero-order valence-electron chi connectivity index (χ0n) is 10.3. The van der Waals surface area contributed by atoms with E-state index >= 15 is 0 Å². The minimum absolute atomic E-state index is 0.564. The third-order valence-corrected chi connectivity index (χ3v) is 3.20. The molecule has 1 unspecified atom stereocenters. The van der Waals surface area contributed by atoms with Crippen molar-refractivity contribution in [3.05, 3.63) is 0 Å². The molecule has 0 aromatic carbocycles. The van der Waals surface area contributed by atoms with Gasteiger partial charge in [0, 0.05) is 19.1 Å². The highest BCUT2D eigenvalue weighted by molar-refractivity contribution is 4.83. The first-order valence-corrected chi connectivity index (χ1v) is 5.88. The number of nitrogens with one attached hydrogen (secondary N) is 1. The summed E-state index contributed by atoms with van der Waals surface area (Å²) >= 11 is 0. The van der Waals surface area contributed by atoms with Gasteiger partial charge < -0.3 is 10.2 Å². The van der Waals surface area contributed by atoms with Gasteiger partial charge in [0.2, 0.25) is 0 Å². The van der Waals surface area contributed by atoms with E-state index in [9.17, 15) is 0 Å². The summed E-state index contributed by atoms with van der Waals surface area (Å²) in [6.07, 6.45) is 5.52. The Balaban J connectivity index is 2.18. The fourth-order valence-corrected chi connectivity index (χ4v) is 2.36. The Morgan fingerprint density at radius 2 is 2.07 bits per heavy atom. The first-order chi connectivity index (χ1) is 6.49. The van der Waals surface area contributed by atoms with Crippen LogP contribution >= 0.6 is 0 Å². The van der Waals surface area contributed by atoms with E-state index in [1.165, 1.54) is 25.7 Å². The van der Waals surface area contributed by atoms with Gasteiger partial charge in [-0.25, -0.2) is 0 Å². The molecule has 0 spiro atoms. The summed E-state index contributed by atoms with van der Waals surface area (Å²) in [7, 11) is 4.26. The molecule has 1 aliphatic rings. The molecular weight excluding hydrogens is 172 g/mol. The Kier molecular flexibility index (Phi) is 4.39. The SMILES string of the molecule is CN(C)CCNC1CCCC(C)(C)C1. The number of hydrogen-bond donors (Lipinski definition) is 1. The number of hydrogen-bond acceptors (Lipinski definition) is 2. The van der Waals surface area contributed by atoms with Crippen LogP contribution in [0.4, 0.5) is 0 Å². The Labute approximate surface area is 89.1 Å². The quantitative estimate of drug-likeness (QED) is 0.744. The summed E-state index contributed by atoms with van der Waals surface area (Å²) in [5.41, 5.74) is 0.564. The molecule has 1 N–H and O–H groups in total. The van der Waals surface area contributed by atoms with Crippen molar-refractivity contribution >= 4 is 0 Å². The van der Waals surface area contributed by atoms with Gasteiger partial charge >= 0.3 is 0 Å². The van der Waals surface area contributed by atoms with E-state index in [4.69, 9.17) is 0 Å². The molecule has 0 radical (unpaired) electrons. The van der Waals surface area contributed by atoms with E-state index in [1.807, 2.05) is 0 Å². The van der Waals surface area contributed by atoms with Crippen LogP contribution in [0, 0.1) is 5.41 Å². The largest absolute Gasteiger partial charge is 0.313 e. The third-order valence-electron chi connectivity index (χ3n) is 3.20. The maximum atomic E-state index is 3.67. The van der Waals surface area contributed by atoms with Crippen molar-refractivity contribution in [1.29, 1.82) is 0 Å². The monoisotopic (exact) mass is 198 g/mol. The van der Waals surface area contributed by atoms with Gasteiger partial charge in [0.1, 0.15) is 0 Å². The van der Waals surface area contributed by atoms with Gasteiger partial charge in [0.15, 0.2) is 0 Å². The smallest absolute Gasteiger partial charge is 0.0101 e. The van der Waals surface area contributed by atoms with Crippen LogP contribution in [0.2, 0.25) is 0 Å². The van der Waals surface area contributed by atoms with Crippen molar-refractivity contribution in [2.45, 2.75) is 45.6 Å². The molecule has 0 amide bonds. The summed E-state index contributed by atoms with van der Waals surface area (Å²) in [4.78, 5) is 2.24. The lowest BCUT2D eigenvalue weighted by Crippen LogP contribution is -2.40. The van der Waals surface area contributed by atoms with Gasteiger partial charge in [0.05, 0.1) is 0 Å². The fraction of sp³-hybridized carbons (Fsp3) is 1.00. The van der Waals surface area contributed by atoms with E-state index in [0.717, 1.165) is 19.1 Å². The van der Waals surface area contributed by atoms with Crippen LogP contribution in [0.15, 0.2) is 0 Å². The van der Waals surface area contributed by atoms with Crippen LogP contribution in [-0.2, 0) is 0 Å². The molecule has 0 saturated heterocycles. The second kappa shape index (κ2) is 5.13. The maximum Gasteiger partial charge on any atom is 0.0101 e. The molecule has 1 fully saturated rings. The summed E-state index contributed by atoms with van der Waals surface area (Å²) in [6.45, 7) is 7.07. The lowest BCUT2D eigenvalue weighted by Gasteiger charge is -2.35. The van der Waals surface area contributed by atoms with Gasteiger partial charge in [-0.1, -0.05) is 20.3 Å². The van der Waals surface area contributed by atoms with Crippen molar-refractivity contribution in [2.24, 2.45) is 5.41 Å². The van der Waals surface area contributed by atoms with Gasteiger partial charge in [-0.15, -0.1) is 0 Å². The predicted octanol–water partition coefficient (Wildman–Crippen LogP) is 2.11. The van der Waals surface area contributed by atoms with Crippen LogP contribution in [0.25, 0.3) is 0 Å². The maximum absolute atomic E-state index is 3.67. The van der Waals surface area contributed by atoms with Crippen molar-refractivity contribution < 1.29 is 0 Å². The van der Waals surface area contributed by atoms with Crippen LogP contribution in [-0.4, -0.2) is 38.1 Å². The molecule has 1 rings (SSSR count). The van der Waals surface area contributed by atoms with E-state index in [1.54, 1.807) is 0 Å². The van der Waals surface area contributed by atoms with Crippen LogP contribution in [0.5, 0.6) is 0 Å². The highest BCUT2D eigenvalue weighted by Crippen LogP contribution is 2.34. The molecule has 0 aliphatic heterocycles. The Hall–Kier alpha value is -0.0800. The minimum atomic E-state index is 0.564. The summed E-state index contributed by atoms with van der Waals surface area (Å²) in [6, 6.07) is 0.763. The highest BCUT2D eigenvalue weighted by Gasteiger charge is 2.27. The highest BCUT2D eigenvalue weighted by atomic mass is 15.1. The summed E-state index contributed by atoms with van der Waals surface area (Å²) in [5.74, 6) is 0. The topological polar surface area (TPSA) is 15.3 Å². The average Bonchev–Trinajstić information content (AvgIpc) is 2.01. The molecule has 0 heterocycles. The molecule has 2 nitrogen and oxygen atoms in total. The van der Waals surface area contributed by atoms with Crippen LogP contribution < -0.4 is 5.32 Å². The van der Waals surface area contributed by atoms with E-state index in [2.05, 4.69) is 38.2 Å². The molecular formula is C12H26N2. The van der Waals surface area contributed by atoms with Gasteiger partial charge in [0.25, 0.3) is 0 Å². The zero-order valence-corrected chi connectivity index (χ0v) is 10.3. The van der Waals surface area contributed by atoms with Crippen molar-refractivity contribution in [3.63, 3.8) is 0 Å². The van der Waals surface area contributed by atoms with Crippen molar-refractivity contribution in [3.8, 4) is 0 Å². The molecule has 1 aliphatic carbocycles. The lowest BCUT2D eigenvalue weighted by molar-refractivity contribution is 0.196. The Bertz CT molecular complexity index is 164. The summed E-state index contributed by atoms with van der Waals surface area (Å²) in [5, 5.41) is 3.67. The molecule has 84 valence electrons. The van der Waals surface area contributed by atoms with Crippen molar-refractivity contribution in [2.75, 3.05) is 27.2 Å². The average molecular weight is 198 g/mol. The van der Waals surface area contributed by atoms with Crippen LogP contribution in [0.1, 0.15) is 39.5 Å². The second-order valence-corrected chi connectivity index (χ2v) is 5.71. The standard InChI is InChI=1S/C12H26N2/c1-12(2)7-5-6-11(10-12)13-8-9-14(3)4/h11,13H,5-10H2,1-4H3. The predicted molar refractivity (Wildman–Crippen MR) is 62.6 cm³/mol. The molecule has 14 heavy (non-hydrogen) atoms. The molecule has 0 aromatic rings. The first-order valence-electron chi connectivity index (χ1n) is 5.88. The van der Waals surface area contributed by atoms with E-state index in [0.29, 0.717) is 5.41 Å². The molecule has 0 aromatic heterocycles. The van der Waals surface area contributed by atoms with Crippen molar-refractivity contribution in [1.82, 2.24) is 10.2 Å². The Morgan fingerprint density at radius 3 is 2.64 bits per heavy atom. The van der Waals surface area contributed by atoms with E-state index in [-0.39, 0.29) is 0 Å². The Morgan fingerprint density at radius 1 is 1.36 bits per heavy atom. The first kappa shape index (κ1) is 12.0. The van der Waals surface area contributed by atoms with Gasteiger partial charge in [-0.3, -0.25) is 0 Å². The second-order valence-electron chi connectivity index (χ2n) is 5.71.